The van der Waals surface area contributed by atoms with Crippen LogP contribution in [-0.4, -0.2) is 70.9 Å². The molecule has 3 heterocycles. The van der Waals surface area contributed by atoms with Gasteiger partial charge >= 0.3 is 6.03 Å². The van der Waals surface area contributed by atoms with Gasteiger partial charge in [-0.2, -0.15) is 0 Å². The van der Waals surface area contributed by atoms with Gasteiger partial charge in [0.05, 0.1) is 11.7 Å². The summed E-state index contributed by atoms with van der Waals surface area (Å²) in [6.07, 6.45) is 14.1. The van der Waals surface area contributed by atoms with Crippen LogP contribution in [0.15, 0.2) is 33.3 Å². The van der Waals surface area contributed by atoms with Crippen molar-refractivity contribution in [3.63, 3.8) is 0 Å². The minimum Gasteiger partial charge on any atom is -0.351 e. The second-order valence-corrected chi connectivity index (χ2v) is 12.1. The number of piperazine rings is 1. The molecule has 3 aliphatic rings. The van der Waals surface area contributed by atoms with Crippen molar-refractivity contribution >= 4 is 43.8 Å². The number of pyridine rings is 1. The van der Waals surface area contributed by atoms with Gasteiger partial charge < -0.3 is 15.5 Å². The number of aryl methyl sites for hydroxylation is 3. The minimum atomic E-state index is -0.360. The molecule has 38 heavy (non-hydrogen) atoms. The van der Waals surface area contributed by atoms with Crippen LogP contribution in [0.2, 0.25) is 0 Å². The predicted molar refractivity (Wildman–Crippen MR) is 157 cm³/mol. The Balaban J connectivity index is 0.00000164. The average Bonchev–Trinajstić information content (AvgIpc) is 3.07. The third-order valence-electron chi connectivity index (χ3n) is 7.95. The van der Waals surface area contributed by atoms with E-state index in [0.717, 1.165) is 66.5 Å². The lowest BCUT2D eigenvalue weighted by Gasteiger charge is -2.40. The topological polar surface area (TPSA) is 82.8 Å². The Morgan fingerprint density at radius 1 is 0.974 bits per heavy atom. The summed E-state index contributed by atoms with van der Waals surface area (Å²) < 4.78 is 2.15. The first kappa shape index (κ1) is 28.6. The fourth-order valence-corrected chi connectivity index (χ4v) is 7.21. The van der Waals surface area contributed by atoms with E-state index in [1.165, 1.54) is 22.3 Å². The summed E-state index contributed by atoms with van der Waals surface area (Å²) in [5.74, 6) is 0.557. The van der Waals surface area contributed by atoms with Crippen LogP contribution in [0.1, 0.15) is 53.3 Å². The van der Waals surface area contributed by atoms with E-state index in [0.29, 0.717) is 25.4 Å². The van der Waals surface area contributed by atoms with Crippen molar-refractivity contribution in [1.29, 1.82) is 0 Å². The Labute approximate surface area is 242 Å². The van der Waals surface area contributed by atoms with Gasteiger partial charge in [0, 0.05) is 60.8 Å². The summed E-state index contributed by atoms with van der Waals surface area (Å²) in [4.78, 5) is 35.6. The first-order valence-corrected chi connectivity index (χ1v) is 14.7. The molecule has 7 nitrogen and oxygen atoms in total. The number of amides is 3. The standard InChI is InChI=1S/C27H33Br2N5O2.C2H2/c1-17-12-19-2-3-20-15-21(28)16-31-25(20)26(24(19)22(29)13-17)33-10-8-32(9-11-33)23(35)14-18-4-6-34(7-5-18)27(30)36;1-2/h12-13,15-16,18,26H,2-11,14H2,1H3,(H2,30,36);1-2H/t26-;/m1./s1. The Morgan fingerprint density at radius 3 is 2.29 bits per heavy atom. The molecule has 0 radical (unpaired) electrons. The van der Waals surface area contributed by atoms with E-state index in [-0.39, 0.29) is 18.0 Å². The van der Waals surface area contributed by atoms with Gasteiger partial charge in [0.15, 0.2) is 0 Å². The van der Waals surface area contributed by atoms with Crippen LogP contribution >= 0.6 is 31.9 Å². The van der Waals surface area contributed by atoms with E-state index < -0.39 is 0 Å². The van der Waals surface area contributed by atoms with E-state index in [4.69, 9.17) is 10.7 Å². The molecule has 2 aliphatic heterocycles. The van der Waals surface area contributed by atoms with Crippen LogP contribution in [0.3, 0.4) is 0 Å². The number of carbonyl (C=O) groups excluding carboxylic acids is 2. The van der Waals surface area contributed by atoms with Gasteiger partial charge in [0.25, 0.3) is 0 Å². The van der Waals surface area contributed by atoms with Gasteiger partial charge in [-0.25, -0.2) is 4.79 Å². The molecular weight excluding hydrogens is 610 g/mol. The number of terminal acetylenes is 1. The molecule has 9 heteroatoms. The van der Waals surface area contributed by atoms with Gasteiger partial charge in [0.2, 0.25) is 5.91 Å². The van der Waals surface area contributed by atoms with E-state index in [1.54, 1.807) is 4.90 Å². The molecule has 0 unspecified atom stereocenters. The maximum atomic E-state index is 13.1. The van der Waals surface area contributed by atoms with Crippen LogP contribution in [0.25, 0.3) is 0 Å². The van der Waals surface area contributed by atoms with Gasteiger partial charge in [-0.3, -0.25) is 14.7 Å². The normalized spacial score (nSPS) is 20.0. The number of urea groups is 1. The molecule has 1 aliphatic carbocycles. The number of aromatic nitrogens is 1. The molecule has 2 fully saturated rings. The number of carbonyl (C=O) groups is 2. The molecule has 0 spiro atoms. The fourth-order valence-electron chi connectivity index (χ4n) is 6.00. The van der Waals surface area contributed by atoms with Crippen LogP contribution < -0.4 is 5.73 Å². The maximum Gasteiger partial charge on any atom is 0.314 e. The Bertz CT molecular complexity index is 1200. The SMILES string of the molecule is C#C.Cc1cc(Br)c2c(c1)CCc1cc(Br)cnc1[C@@H]2N1CCN(C(=O)CC2CCN(C(N)=O)CC2)CC1. The van der Waals surface area contributed by atoms with E-state index in [9.17, 15) is 9.59 Å². The van der Waals surface area contributed by atoms with Crippen LogP contribution in [0.5, 0.6) is 0 Å². The molecule has 2 aromatic rings. The second-order valence-electron chi connectivity index (χ2n) is 10.3. The van der Waals surface area contributed by atoms with Gasteiger partial charge in [-0.15, -0.1) is 12.8 Å². The number of benzene rings is 1. The van der Waals surface area contributed by atoms with Gasteiger partial charge in [-0.05, 0) is 88.8 Å². The molecule has 3 amide bonds. The van der Waals surface area contributed by atoms with Crippen LogP contribution in [0, 0.1) is 25.7 Å². The molecule has 0 bridgehead atoms. The van der Waals surface area contributed by atoms with Crippen molar-refractivity contribution in [3.8, 4) is 12.8 Å². The Kier molecular flexibility index (Phi) is 9.50. The summed E-state index contributed by atoms with van der Waals surface area (Å²) in [5.41, 5.74) is 11.8. The van der Waals surface area contributed by atoms with Crippen LogP contribution in [-0.2, 0) is 17.6 Å². The number of hydrogen-bond donors (Lipinski definition) is 1. The van der Waals surface area contributed by atoms with Crippen molar-refractivity contribution in [3.05, 3.63) is 61.3 Å². The first-order chi connectivity index (χ1) is 18.3. The molecule has 1 aromatic carbocycles. The zero-order valence-electron chi connectivity index (χ0n) is 21.8. The molecule has 0 saturated carbocycles. The summed E-state index contributed by atoms with van der Waals surface area (Å²) in [5, 5.41) is 0. The predicted octanol–water partition coefficient (Wildman–Crippen LogP) is 4.68. The number of rotatable bonds is 3. The highest BCUT2D eigenvalue weighted by atomic mass is 79.9. The number of hydrogen-bond acceptors (Lipinski definition) is 4. The number of likely N-dealkylation sites (tertiary alicyclic amines) is 1. The van der Waals surface area contributed by atoms with Gasteiger partial charge in [-0.1, -0.05) is 22.0 Å². The van der Waals surface area contributed by atoms with Crippen molar-refractivity contribution in [2.75, 3.05) is 39.3 Å². The van der Waals surface area contributed by atoms with E-state index in [1.807, 2.05) is 11.1 Å². The number of nitrogens with zero attached hydrogens (tertiary/aromatic N) is 4. The largest absolute Gasteiger partial charge is 0.351 e. The summed E-state index contributed by atoms with van der Waals surface area (Å²) in [6.45, 7) is 6.52. The summed E-state index contributed by atoms with van der Waals surface area (Å²) in [7, 11) is 0. The first-order valence-electron chi connectivity index (χ1n) is 13.1. The number of halogens is 2. The average molecular weight is 645 g/mol. The van der Waals surface area contributed by atoms with Crippen molar-refractivity contribution in [2.24, 2.45) is 11.7 Å². The highest BCUT2D eigenvalue weighted by molar-refractivity contribution is 9.10. The van der Waals surface area contributed by atoms with E-state index in [2.05, 4.69) is 74.7 Å². The highest BCUT2D eigenvalue weighted by Crippen LogP contribution is 2.41. The fraction of sp³-hybridized carbons (Fsp3) is 0.483. The van der Waals surface area contributed by atoms with Crippen molar-refractivity contribution in [2.45, 2.75) is 45.1 Å². The zero-order chi connectivity index (χ0) is 27.4. The Morgan fingerprint density at radius 2 is 1.63 bits per heavy atom. The third kappa shape index (κ3) is 6.24. The monoisotopic (exact) mass is 643 g/mol. The lowest BCUT2D eigenvalue weighted by atomic mass is 9.92. The number of fused-ring (bicyclic) bond motifs is 2. The molecular formula is C29H35Br2N5O2. The summed E-state index contributed by atoms with van der Waals surface area (Å²) >= 11 is 7.50. The maximum absolute atomic E-state index is 13.1. The quantitative estimate of drug-likeness (QED) is 0.492. The van der Waals surface area contributed by atoms with Crippen LogP contribution in [0.4, 0.5) is 4.79 Å². The van der Waals surface area contributed by atoms with Crippen molar-refractivity contribution in [1.82, 2.24) is 19.7 Å². The number of nitrogens with two attached hydrogens (primary N) is 1. The lowest BCUT2D eigenvalue weighted by Crippen LogP contribution is -2.50. The molecule has 5 rings (SSSR count). The Hall–Kier alpha value is -2.41. The second kappa shape index (κ2) is 12.6. The number of piperidine rings is 1. The smallest absolute Gasteiger partial charge is 0.314 e. The molecule has 1 atom stereocenters. The van der Waals surface area contributed by atoms with Crippen molar-refractivity contribution < 1.29 is 9.59 Å². The zero-order valence-corrected chi connectivity index (χ0v) is 25.0. The molecule has 2 saturated heterocycles. The summed E-state index contributed by atoms with van der Waals surface area (Å²) in [6, 6.07) is 6.44. The number of primary amides is 1. The van der Waals surface area contributed by atoms with Gasteiger partial charge in [0.1, 0.15) is 0 Å². The third-order valence-corrected chi connectivity index (χ3v) is 9.04. The van der Waals surface area contributed by atoms with E-state index >= 15 is 0 Å². The lowest BCUT2D eigenvalue weighted by molar-refractivity contribution is -0.134. The molecule has 2 N–H and O–H groups in total. The highest BCUT2D eigenvalue weighted by Gasteiger charge is 2.35. The molecule has 1 aromatic heterocycles. The minimum absolute atomic E-state index is 0.0657. The molecule has 202 valence electrons.